The summed E-state index contributed by atoms with van der Waals surface area (Å²) in [7, 11) is -3.11. The van der Waals surface area contributed by atoms with Gasteiger partial charge in [0.15, 0.2) is 5.13 Å². The number of benzene rings is 1. The molecule has 136 valence electrons. The number of aromatic nitrogens is 1. The molecule has 1 aromatic carbocycles. The Morgan fingerprint density at radius 2 is 1.96 bits per heavy atom. The van der Waals surface area contributed by atoms with E-state index in [9.17, 15) is 13.5 Å². The molecule has 1 aliphatic carbocycles. The first-order chi connectivity index (χ1) is 11.9. The number of sulfonamides is 1. The fourth-order valence-electron chi connectivity index (χ4n) is 3.11. The summed E-state index contributed by atoms with van der Waals surface area (Å²) in [6.45, 7) is 0.528. The lowest BCUT2D eigenvalue weighted by Gasteiger charge is -2.28. The summed E-state index contributed by atoms with van der Waals surface area (Å²) in [6.07, 6.45) is 5.20. The van der Waals surface area contributed by atoms with Gasteiger partial charge in [-0.15, -0.1) is 11.3 Å². The molecule has 6 nitrogen and oxygen atoms in total. The van der Waals surface area contributed by atoms with E-state index >= 15 is 0 Å². The van der Waals surface area contributed by atoms with Crippen LogP contribution in [-0.4, -0.2) is 37.4 Å². The molecular weight excluding hydrogens is 358 g/mol. The Morgan fingerprint density at radius 1 is 1.24 bits per heavy atom. The van der Waals surface area contributed by atoms with E-state index in [0.717, 1.165) is 42.1 Å². The maximum Gasteiger partial charge on any atom is 0.208 e. The van der Waals surface area contributed by atoms with E-state index in [1.54, 1.807) is 12.1 Å². The first-order valence-corrected chi connectivity index (χ1v) is 11.1. The molecule has 0 radical (unpaired) electrons. The molecule has 1 aliphatic rings. The van der Waals surface area contributed by atoms with Crippen molar-refractivity contribution in [3.63, 3.8) is 0 Å². The van der Waals surface area contributed by atoms with Crippen LogP contribution < -0.4 is 10.0 Å². The van der Waals surface area contributed by atoms with Gasteiger partial charge in [-0.3, -0.25) is 0 Å². The summed E-state index contributed by atoms with van der Waals surface area (Å²) in [5.74, 6) is 0.638. The average Bonchev–Trinajstić information content (AvgIpc) is 3.02. The van der Waals surface area contributed by atoms with Crippen molar-refractivity contribution in [2.45, 2.75) is 31.7 Å². The third-order valence-corrected chi connectivity index (χ3v) is 5.96. The second kappa shape index (κ2) is 7.72. The van der Waals surface area contributed by atoms with Gasteiger partial charge in [-0.05, 0) is 43.7 Å². The monoisotopic (exact) mass is 381 g/mol. The zero-order chi connectivity index (χ0) is 17.9. The number of nitrogens with zero attached hydrogens (tertiary/aromatic N) is 1. The lowest BCUT2D eigenvalue weighted by atomic mass is 9.86. The molecule has 25 heavy (non-hydrogen) atoms. The molecule has 2 aromatic rings. The second-order valence-corrected chi connectivity index (χ2v) is 9.23. The smallest absolute Gasteiger partial charge is 0.208 e. The van der Waals surface area contributed by atoms with Crippen LogP contribution in [-0.2, 0) is 10.0 Å². The number of phenols is 1. The molecule has 0 bridgehead atoms. The van der Waals surface area contributed by atoms with Crippen LogP contribution in [0.5, 0.6) is 5.75 Å². The Kier molecular flexibility index (Phi) is 5.61. The van der Waals surface area contributed by atoms with E-state index in [4.69, 9.17) is 0 Å². The van der Waals surface area contributed by atoms with Gasteiger partial charge in [0.2, 0.25) is 10.0 Å². The van der Waals surface area contributed by atoms with E-state index in [-0.39, 0.29) is 5.75 Å². The van der Waals surface area contributed by atoms with Crippen molar-refractivity contribution in [1.82, 2.24) is 9.71 Å². The minimum absolute atomic E-state index is 0.234. The van der Waals surface area contributed by atoms with Gasteiger partial charge in [-0.25, -0.2) is 18.1 Å². The Labute approximate surface area is 152 Å². The topological polar surface area (TPSA) is 91.3 Å². The van der Waals surface area contributed by atoms with Crippen molar-refractivity contribution >= 4 is 26.5 Å². The van der Waals surface area contributed by atoms with E-state index in [1.165, 1.54) is 17.6 Å². The third kappa shape index (κ3) is 5.17. The molecule has 8 heteroatoms. The highest BCUT2D eigenvalue weighted by molar-refractivity contribution is 7.88. The van der Waals surface area contributed by atoms with Gasteiger partial charge in [-0.1, -0.05) is 12.1 Å². The van der Waals surface area contributed by atoms with Gasteiger partial charge in [0.25, 0.3) is 0 Å². The molecule has 0 atom stereocenters. The summed E-state index contributed by atoms with van der Waals surface area (Å²) in [4.78, 5) is 4.58. The number of nitrogens with one attached hydrogen (secondary N) is 2. The van der Waals surface area contributed by atoms with Crippen molar-refractivity contribution in [3.05, 3.63) is 29.6 Å². The highest BCUT2D eigenvalue weighted by atomic mass is 32.2. The van der Waals surface area contributed by atoms with Crippen LogP contribution in [0.25, 0.3) is 11.3 Å². The quantitative estimate of drug-likeness (QED) is 0.715. The first-order valence-electron chi connectivity index (χ1n) is 8.36. The van der Waals surface area contributed by atoms with Gasteiger partial charge in [0.1, 0.15) is 5.75 Å². The molecule has 0 amide bonds. The van der Waals surface area contributed by atoms with Crippen LogP contribution in [0.4, 0.5) is 5.13 Å². The Bertz CT molecular complexity index is 812. The highest BCUT2D eigenvalue weighted by Crippen LogP contribution is 2.33. The molecule has 1 saturated carbocycles. The number of phenolic OH excluding ortho intramolecular Hbond substituents is 1. The van der Waals surface area contributed by atoms with Crippen LogP contribution in [0.1, 0.15) is 25.7 Å². The van der Waals surface area contributed by atoms with E-state index in [1.807, 2.05) is 17.5 Å². The van der Waals surface area contributed by atoms with Crippen LogP contribution in [0, 0.1) is 5.92 Å². The van der Waals surface area contributed by atoms with Gasteiger partial charge >= 0.3 is 0 Å². The Hall–Kier alpha value is -1.64. The summed E-state index contributed by atoms with van der Waals surface area (Å²) in [6, 6.07) is 7.55. The van der Waals surface area contributed by atoms with Crippen molar-refractivity contribution in [2.75, 3.05) is 18.1 Å². The predicted octanol–water partition coefficient (Wildman–Crippen LogP) is 3.04. The molecule has 3 rings (SSSR count). The molecule has 1 heterocycles. The summed E-state index contributed by atoms with van der Waals surface area (Å²) < 4.78 is 24.9. The normalized spacial score (nSPS) is 21.2. The lowest BCUT2D eigenvalue weighted by Crippen LogP contribution is -2.33. The number of thiazole rings is 1. The molecule has 0 saturated heterocycles. The zero-order valence-electron chi connectivity index (χ0n) is 14.1. The standard InChI is InChI=1S/C17H23N3O3S2/c1-25(22,23)18-10-12-6-8-13(9-7-12)19-17-20-15(11-24-17)14-4-2-3-5-16(14)21/h2-5,11-13,18,21H,6-10H2,1H3,(H,19,20). The number of para-hydroxylation sites is 1. The van der Waals surface area contributed by atoms with Crippen molar-refractivity contribution in [1.29, 1.82) is 0 Å². The summed E-state index contributed by atoms with van der Waals surface area (Å²) in [5, 5.41) is 16.2. The second-order valence-electron chi connectivity index (χ2n) is 6.54. The number of hydrogen-bond donors (Lipinski definition) is 3. The molecule has 0 aliphatic heterocycles. The maximum absolute atomic E-state index is 11.2. The summed E-state index contributed by atoms with van der Waals surface area (Å²) in [5.41, 5.74) is 1.51. The van der Waals surface area contributed by atoms with Crippen LogP contribution in [0.15, 0.2) is 29.6 Å². The van der Waals surface area contributed by atoms with E-state index in [2.05, 4.69) is 15.0 Å². The maximum atomic E-state index is 11.2. The predicted molar refractivity (Wildman–Crippen MR) is 101 cm³/mol. The largest absolute Gasteiger partial charge is 0.507 e. The molecular formula is C17H23N3O3S2. The lowest BCUT2D eigenvalue weighted by molar-refractivity contribution is 0.337. The van der Waals surface area contributed by atoms with Gasteiger partial charge in [0.05, 0.1) is 11.9 Å². The van der Waals surface area contributed by atoms with Crippen LogP contribution in [0.3, 0.4) is 0 Å². The van der Waals surface area contributed by atoms with Crippen molar-refractivity contribution in [2.24, 2.45) is 5.92 Å². The van der Waals surface area contributed by atoms with E-state index < -0.39 is 10.0 Å². The Morgan fingerprint density at radius 3 is 2.64 bits per heavy atom. The highest BCUT2D eigenvalue weighted by Gasteiger charge is 2.22. The van der Waals surface area contributed by atoms with Crippen molar-refractivity contribution < 1.29 is 13.5 Å². The zero-order valence-corrected chi connectivity index (χ0v) is 15.7. The first kappa shape index (κ1) is 18.2. The molecule has 0 spiro atoms. The fourth-order valence-corrected chi connectivity index (χ4v) is 4.44. The fraction of sp³-hybridized carbons (Fsp3) is 0.471. The number of anilines is 1. The number of hydrogen-bond acceptors (Lipinski definition) is 6. The molecule has 1 fully saturated rings. The minimum Gasteiger partial charge on any atom is -0.507 e. The third-order valence-electron chi connectivity index (χ3n) is 4.49. The van der Waals surface area contributed by atoms with Crippen LogP contribution >= 0.6 is 11.3 Å². The molecule has 0 unspecified atom stereocenters. The summed E-state index contributed by atoms with van der Waals surface area (Å²) >= 11 is 1.54. The van der Waals surface area contributed by atoms with Crippen molar-refractivity contribution in [3.8, 4) is 17.0 Å². The van der Waals surface area contributed by atoms with Crippen LogP contribution in [0.2, 0.25) is 0 Å². The number of rotatable bonds is 6. The molecule has 1 aromatic heterocycles. The Balaban J connectivity index is 1.52. The van der Waals surface area contributed by atoms with Gasteiger partial charge in [-0.2, -0.15) is 0 Å². The average molecular weight is 382 g/mol. The number of aromatic hydroxyl groups is 1. The molecule has 3 N–H and O–H groups in total. The van der Waals surface area contributed by atoms with Gasteiger partial charge < -0.3 is 10.4 Å². The van der Waals surface area contributed by atoms with Gasteiger partial charge in [0, 0.05) is 23.5 Å². The van der Waals surface area contributed by atoms with E-state index in [0.29, 0.717) is 18.5 Å². The SMILES string of the molecule is CS(=O)(=O)NCC1CCC(Nc2nc(-c3ccccc3O)cs2)CC1. The minimum atomic E-state index is -3.11.